The third kappa shape index (κ3) is 4.31. The number of ketones is 1. The molecule has 1 unspecified atom stereocenters. The van der Waals surface area contributed by atoms with E-state index in [1.807, 2.05) is 18.2 Å². The molecule has 0 spiro atoms. The van der Waals surface area contributed by atoms with Crippen LogP contribution in [-0.2, 0) is 25.5 Å². The minimum Gasteiger partial charge on any atom is -0.497 e. The Labute approximate surface area is 135 Å². The van der Waals surface area contributed by atoms with Crippen LogP contribution in [0.4, 0.5) is 0 Å². The quantitative estimate of drug-likeness (QED) is 0.603. The molecule has 0 radical (unpaired) electrons. The zero-order chi connectivity index (χ0) is 16.8. The Morgan fingerprint density at radius 1 is 1.35 bits per heavy atom. The summed E-state index contributed by atoms with van der Waals surface area (Å²) in [5.41, 5.74) is 0.828. The fourth-order valence-electron chi connectivity index (χ4n) is 2.60. The van der Waals surface area contributed by atoms with Crippen LogP contribution in [-0.4, -0.2) is 49.4 Å². The first-order valence-electron chi connectivity index (χ1n) is 7.65. The fourth-order valence-corrected chi connectivity index (χ4v) is 2.60. The Balaban J connectivity index is 1.94. The number of rotatable bonds is 5. The molecule has 124 valence electrons. The lowest BCUT2D eigenvalue weighted by molar-refractivity contribution is -0.155. The van der Waals surface area contributed by atoms with Gasteiger partial charge in [-0.15, -0.1) is 0 Å². The van der Waals surface area contributed by atoms with Gasteiger partial charge in [0, 0.05) is 6.54 Å². The highest BCUT2D eigenvalue weighted by atomic mass is 16.5. The average Bonchev–Trinajstić information content (AvgIpc) is 2.55. The van der Waals surface area contributed by atoms with Gasteiger partial charge in [-0.1, -0.05) is 12.1 Å². The average molecular weight is 319 g/mol. The van der Waals surface area contributed by atoms with Gasteiger partial charge in [0.05, 0.1) is 26.7 Å². The molecule has 0 N–H and O–H groups in total. The molecule has 23 heavy (non-hydrogen) atoms. The lowest BCUT2D eigenvalue weighted by atomic mass is 9.95. The number of likely N-dealkylation sites (tertiary alicyclic amines) is 1. The number of carbonyl (C=O) groups excluding carboxylic acids is 3. The molecule has 0 aromatic heterocycles. The van der Waals surface area contributed by atoms with Crippen LogP contribution in [0.15, 0.2) is 24.3 Å². The molecule has 6 heteroatoms. The lowest BCUT2D eigenvalue weighted by Crippen LogP contribution is -2.47. The number of Topliss-reactive ketones (excluding diaryl/α,β-unsaturated/α-hetero) is 1. The van der Waals surface area contributed by atoms with Crippen molar-refractivity contribution in [3.05, 3.63) is 29.8 Å². The minimum absolute atomic E-state index is 0.0354. The Morgan fingerprint density at radius 2 is 2.13 bits per heavy atom. The van der Waals surface area contributed by atoms with Crippen LogP contribution in [0.1, 0.15) is 18.9 Å². The number of methoxy groups -OCH3 is 1. The number of amides is 1. The lowest BCUT2D eigenvalue weighted by Gasteiger charge is -2.30. The van der Waals surface area contributed by atoms with Crippen molar-refractivity contribution in [3.8, 4) is 5.75 Å². The van der Waals surface area contributed by atoms with Crippen molar-refractivity contribution in [2.45, 2.75) is 19.8 Å². The van der Waals surface area contributed by atoms with Gasteiger partial charge in [-0.2, -0.15) is 0 Å². The van der Waals surface area contributed by atoms with E-state index in [1.54, 1.807) is 20.1 Å². The highest BCUT2D eigenvalue weighted by Crippen LogP contribution is 2.18. The molecule has 1 fully saturated rings. The van der Waals surface area contributed by atoms with E-state index < -0.39 is 11.9 Å². The van der Waals surface area contributed by atoms with E-state index in [0.29, 0.717) is 18.7 Å². The molecule has 1 aromatic carbocycles. The van der Waals surface area contributed by atoms with Crippen molar-refractivity contribution in [1.29, 1.82) is 0 Å². The first-order chi connectivity index (χ1) is 11.0. The molecule has 1 amide bonds. The Bertz CT molecular complexity index is 598. The van der Waals surface area contributed by atoms with Gasteiger partial charge in [0.15, 0.2) is 5.78 Å². The van der Waals surface area contributed by atoms with E-state index >= 15 is 0 Å². The van der Waals surface area contributed by atoms with Crippen molar-refractivity contribution in [1.82, 2.24) is 4.90 Å². The predicted molar refractivity (Wildman–Crippen MR) is 83.0 cm³/mol. The molecule has 1 atom stereocenters. The van der Waals surface area contributed by atoms with Gasteiger partial charge in [-0.3, -0.25) is 14.4 Å². The smallest absolute Gasteiger partial charge is 0.316 e. The second-order valence-electron chi connectivity index (χ2n) is 5.40. The first-order valence-corrected chi connectivity index (χ1v) is 7.65. The molecule has 1 aromatic rings. The topological polar surface area (TPSA) is 72.9 Å². The first kappa shape index (κ1) is 17.0. The number of esters is 1. The largest absolute Gasteiger partial charge is 0.497 e. The Morgan fingerprint density at radius 3 is 2.78 bits per heavy atom. The second-order valence-corrected chi connectivity index (χ2v) is 5.40. The zero-order valence-corrected chi connectivity index (χ0v) is 13.4. The zero-order valence-electron chi connectivity index (χ0n) is 13.4. The second kappa shape index (κ2) is 7.76. The van der Waals surface area contributed by atoms with Gasteiger partial charge >= 0.3 is 5.97 Å². The number of benzene rings is 1. The van der Waals surface area contributed by atoms with Crippen LogP contribution in [0.25, 0.3) is 0 Å². The summed E-state index contributed by atoms with van der Waals surface area (Å²) in [6.45, 7) is 2.31. The molecule has 0 saturated carbocycles. The number of nitrogens with zero attached hydrogens (tertiary/aromatic N) is 1. The van der Waals surface area contributed by atoms with E-state index in [1.165, 1.54) is 4.90 Å². The number of hydrogen-bond donors (Lipinski definition) is 0. The fraction of sp³-hybridized carbons (Fsp3) is 0.471. The standard InChI is InChI=1S/C17H21NO5/c1-3-23-17(21)14-7-8-18(11-15(14)19)16(20)10-12-5-4-6-13(9-12)22-2/h4-6,9,14H,3,7-8,10-11H2,1-2H3. The summed E-state index contributed by atoms with van der Waals surface area (Å²) in [7, 11) is 1.57. The normalized spacial score (nSPS) is 17.7. The van der Waals surface area contributed by atoms with Crippen LogP contribution in [0.3, 0.4) is 0 Å². The van der Waals surface area contributed by atoms with E-state index in [9.17, 15) is 14.4 Å². The maximum atomic E-state index is 12.3. The van der Waals surface area contributed by atoms with Gasteiger partial charge in [0.2, 0.25) is 5.91 Å². The van der Waals surface area contributed by atoms with Crippen LogP contribution in [0.5, 0.6) is 5.75 Å². The third-order valence-corrected chi connectivity index (χ3v) is 3.84. The minimum atomic E-state index is -0.740. The van der Waals surface area contributed by atoms with Gasteiger partial charge in [0.25, 0.3) is 0 Å². The Hall–Kier alpha value is -2.37. The molecular weight excluding hydrogens is 298 g/mol. The van der Waals surface area contributed by atoms with Gasteiger partial charge in [0.1, 0.15) is 11.7 Å². The molecule has 6 nitrogen and oxygen atoms in total. The highest BCUT2D eigenvalue weighted by Gasteiger charge is 2.35. The molecule has 1 saturated heterocycles. The van der Waals surface area contributed by atoms with Crippen LogP contribution < -0.4 is 4.74 Å². The summed E-state index contributed by atoms with van der Waals surface area (Å²) < 4.78 is 10.0. The number of ether oxygens (including phenoxy) is 2. The van der Waals surface area contributed by atoms with Gasteiger partial charge in [-0.05, 0) is 31.0 Å². The van der Waals surface area contributed by atoms with E-state index in [4.69, 9.17) is 9.47 Å². The maximum absolute atomic E-state index is 12.3. The van der Waals surface area contributed by atoms with Gasteiger partial charge < -0.3 is 14.4 Å². The predicted octanol–water partition coefficient (Wildman–Crippen LogP) is 1.22. The molecule has 0 bridgehead atoms. The number of hydrogen-bond acceptors (Lipinski definition) is 5. The molecule has 2 rings (SSSR count). The van der Waals surface area contributed by atoms with Crippen molar-refractivity contribution < 1.29 is 23.9 Å². The SMILES string of the molecule is CCOC(=O)C1CCN(C(=O)Cc2cccc(OC)c2)CC1=O. The van der Waals surface area contributed by atoms with Gasteiger partial charge in [-0.25, -0.2) is 0 Å². The summed E-state index contributed by atoms with van der Waals surface area (Å²) in [4.78, 5) is 37.6. The van der Waals surface area contributed by atoms with Crippen molar-refractivity contribution in [2.75, 3.05) is 26.8 Å². The number of carbonyl (C=O) groups is 3. The summed E-state index contributed by atoms with van der Waals surface area (Å²) >= 11 is 0. The van der Waals surface area contributed by atoms with E-state index in [0.717, 1.165) is 5.56 Å². The van der Waals surface area contributed by atoms with Crippen molar-refractivity contribution in [2.24, 2.45) is 5.92 Å². The molecular formula is C17H21NO5. The molecule has 1 heterocycles. The van der Waals surface area contributed by atoms with E-state index in [-0.39, 0.29) is 31.3 Å². The Kier molecular flexibility index (Phi) is 5.73. The summed E-state index contributed by atoms with van der Waals surface area (Å²) in [6, 6.07) is 7.26. The maximum Gasteiger partial charge on any atom is 0.316 e. The third-order valence-electron chi connectivity index (χ3n) is 3.84. The van der Waals surface area contributed by atoms with E-state index in [2.05, 4.69) is 0 Å². The van der Waals surface area contributed by atoms with Crippen LogP contribution in [0, 0.1) is 5.92 Å². The molecule has 1 aliphatic rings. The monoisotopic (exact) mass is 319 g/mol. The summed E-state index contributed by atoms with van der Waals surface area (Å²) in [6.07, 6.45) is 0.524. The van der Waals surface area contributed by atoms with Crippen molar-refractivity contribution in [3.63, 3.8) is 0 Å². The summed E-state index contributed by atoms with van der Waals surface area (Å²) in [5, 5.41) is 0. The van der Waals surface area contributed by atoms with Crippen molar-refractivity contribution >= 4 is 17.7 Å². The summed E-state index contributed by atoms with van der Waals surface area (Å²) in [5.74, 6) is -0.928. The highest BCUT2D eigenvalue weighted by molar-refractivity contribution is 6.02. The molecule has 1 aliphatic heterocycles. The van der Waals surface area contributed by atoms with Crippen LogP contribution in [0.2, 0.25) is 0 Å². The van der Waals surface area contributed by atoms with Crippen LogP contribution >= 0.6 is 0 Å². The number of piperidine rings is 1. The molecule has 0 aliphatic carbocycles.